The van der Waals surface area contributed by atoms with Gasteiger partial charge < -0.3 is 5.32 Å². The molecule has 0 aliphatic heterocycles. The Morgan fingerprint density at radius 2 is 1.52 bits per heavy atom. The molecular weight excluding hydrogens is 322 g/mol. The Labute approximate surface area is 134 Å². The molecule has 0 radical (unpaired) electrons. The molecule has 0 bridgehead atoms. The lowest BCUT2D eigenvalue weighted by molar-refractivity contribution is 0.578. The fraction of sp³-hybridized carbons (Fsp3) is 0.158. The van der Waals surface area contributed by atoms with Crippen LogP contribution in [0.4, 0.5) is 0 Å². The number of benzene rings is 3. The van der Waals surface area contributed by atoms with Crippen LogP contribution in [0.5, 0.6) is 0 Å². The molecule has 1 N–H and O–H groups in total. The predicted octanol–water partition coefficient (Wildman–Crippen LogP) is 5.45. The minimum Gasteiger partial charge on any atom is -0.306 e. The maximum Gasteiger partial charge on any atom is 0.0301 e. The molecule has 0 heterocycles. The van der Waals surface area contributed by atoms with E-state index in [-0.39, 0.29) is 0 Å². The summed E-state index contributed by atoms with van der Waals surface area (Å²) in [5.41, 5.74) is 2.65. The van der Waals surface area contributed by atoms with Gasteiger partial charge in [0.2, 0.25) is 0 Å². The van der Waals surface area contributed by atoms with E-state index in [0.717, 1.165) is 11.0 Å². The summed E-state index contributed by atoms with van der Waals surface area (Å²) in [5, 5.41) is 6.18. The summed E-state index contributed by atoms with van der Waals surface area (Å²) in [6, 6.07) is 23.7. The molecule has 3 rings (SSSR count). The van der Waals surface area contributed by atoms with Crippen molar-refractivity contribution in [2.75, 3.05) is 0 Å². The van der Waals surface area contributed by atoms with Crippen LogP contribution in [0.15, 0.2) is 71.2 Å². The van der Waals surface area contributed by atoms with E-state index in [0.29, 0.717) is 6.04 Å². The standard InChI is InChI=1S/C19H18BrN/c1-14(21-13-15-7-3-2-4-8-15)16-11-12-19(20)18-10-6-5-9-17(16)18/h2-12,14,21H,13H2,1H3/t14-/m1/s1. The largest absolute Gasteiger partial charge is 0.306 e. The summed E-state index contributed by atoms with van der Waals surface area (Å²) in [4.78, 5) is 0. The molecule has 3 aromatic rings. The van der Waals surface area contributed by atoms with Crippen LogP contribution in [0, 0.1) is 0 Å². The molecule has 21 heavy (non-hydrogen) atoms. The number of hydrogen-bond acceptors (Lipinski definition) is 1. The molecule has 0 aliphatic carbocycles. The second kappa shape index (κ2) is 6.42. The van der Waals surface area contributed by atoms with Gasteiger partial charge in [0.25, 0.3) is 0 Å². The molecule has 0 aliphatic rings. The Morgan fingerprint density at radius 3 is 2.29 bits per heavy atom. The van der Waals surface area contributed by atoms with Crippen molar-refractivity contribution in [1.82, 2.24) is 5.32 Å². The topological polar surface area (TPSA) is 12.0 Å². The molecule has 106 valence electrons. The Bertz CT molecular complexity index is 737. The zero-order chi connectivity index (χ0) is 14.7. The average molecular weight is 340 g/mol. The molecule has 0 amide bonds. The van der Waals surface area contributed by atoms with Gasteiger partial charge in [-0.25, -0.2) is 0 Å². The van der Waals surface area contributed by atoms with Crippen molar-refractivity contribution >= 4 is 26.7 Å². The zero-order valence-corrected chi connectivity index (χ0v) is 13.6. The van der Waals surface area contributed by atoms with Crippen LogP contribution in [0.2, 0.25) is 0 Å². The average Bonchev–Trinajstić information content (AvgIpc) is 2.54. The highest BCUT2D eigenvalue weighted by Crippen LogP contribution is 2.30. The summed E-state index contributed by atoms with van der Waals surface area (Å²) in [5.74, 6) is 0. The monoisotopic (exact) mass is 339 g/mol. The van der Waals surface area contributed by atoms with Crippen LogP contribution in [-0.2, 0) is 6.54 Å². The second-order valence-electron chi connectivity index (χ2n) is 5.27. The van der Waals surface area contributed by atoms with Crippen molar-refractivity contribution in [2.24, 2.45) is 0 Å². The molecular formula is C19H18BrN. The van der Waals surface area contributed by atoms with Crippen LogP contribution >= 0.6 is 15.9 Å². The zero-order valence-electron chi connectivity index (χ0n) is 12.0. The van der Waals surface area contributed by atoms with Crippen LogP contribution in [0.1, 0.15) is 24.1 Å². The first-order chi connectivity index (χ1) is 10.3. The van der Waals surface area contributed by atoms with Crippen LogP contribution in [-0.4, -0.2) is 0 Å². The van der Waals surface area contributed by atoms with Gasteiger partial charge in [-0.3, -0.25) is 0 Å². The van der Waals surface area contributed by atoms with Gasteiger partial charge >= 0.3 is 0 Å². The highest BCUT2D eigenvalue weighted by molar-refractivity contribution is 9.10. The van der Waals surface area contributed by atoms with Crippen molar-refractivity contribution in [1.29, 1.82) is 0 Å². The van der Waals surface area contributed by atoms with Gasteiger partial charge in [-0.15, -0.1) is 0 Å². The van der Waals surface area contributed by atoms with Gasteiger partial charge in [-0.1, -0.05) is 76.6 Å². The number of hydrogen-bond donors (Lipinski definition) is 1. The molecule has 0 aromatic heterocycles. The molecule has 3 aromatic carbocycles. The van der Waals surface area contributed by atoms with Gasteiger partial charge in [0, 0.05) is 17.1 Å². The quantitative estimate of drug-likeness (QED) is 0.666. The lowest BCUT2D eigenvalue weighted by Gasteiger charge is -2.17. The maximum absolute atomic E-state index is 3.64. The predicted molar refractivity (Wildman–Crippen MR) is 93.3 cm³/mol. The minimum absolute atomic E-state index is 0.309. The molecule has 0 unspecified atom stereocenters. The van der Waals surface area contributed by atoms with Crippen molar-refractivity contribution in [2.45, 2.75) is 19.5 Å². The minimum atomic E-state index is 0.309. The van der Waals surface area contributed by atoms with E-state index in [1.54, 1.807) is 0 Å². The summed E-state index contributed by atoms with van der Waals surface area (Å²) in [6.45, 7) is 3.10. The van der Waals surface area contributed by atoms with Crippen LogP contribution in [0.3, 0.4) is 0 Å². The van der Waals surface area contributed by atoms with E-state index in [4.69, 9.17) is 0 Å². The third-order valence-corrected chi connectivity index (χ3v) is 4.52. The highest BCUT2D eigenvalue weighted by atomic mass is 79.9. The third-order valence-electron chi connectivity index (χ3n) is 3.83. The Morgan fingerprint density at radius 1 is 0.857 bits per heavy atom. The lowest BCUT2D eigenvalue weighted by Crippen LogP contribution is -2.18. The van der Waals surface area contributed by atoms with Crippen molar-refractivity contribution < 1.29 is 0 Å². The number of fused-ring (bicyclic) bond motifs is 1. The maximum atomic E-state index is 3.64. The fourth-order valence-electron chi connectivity index (χ4n) is 2.64. The highest BCUT2D eigenvalue weighted by Gasteiger charge is 2.10. The second-order valence-corrected chi connectivity index (χ2v) is 6.12. The first-order valence-corrected chi connectivity index (χ1v) is 7.99. The van der Waals surface area contributed by atoms with E-state index in [2.05, 4.69) is 94.9 Å². The van der Waals surface area contributed by atoms with E-state index >= 15 is 0 Å². The fourth-order valence-corrected chi connectivity index (χ4v) is 3.12. The van der Waals surface area contributed by atoms with E-state index < -0.39 is 0 Å². The smallest absolute Gasteiger partial charge is 0.0301 e. The van der Waals surface area contributed by atoms with Crippen LogP contribution in [0.25, 0.3) is 10.8 Å². The van der Waals surface area contributed by atoms with E-state index in [1.165, 1.54) is 21.9 Å². The number of nitrogens with one attached hydrogen (secondary N) is 1. The first-order valence-electron chi connectivity index (χ1n) is 7.20. The first kappa shape index (κ1) is 14.3. The SMILES string of the molecule is C[C@@H](NCc1ccccc1)c1ccc(Br)c2ccccc12. The van der Waals surface area contributed by atoms with Crippen LogP contribution < -0.4 is 5.32 Å². The molecule has 0 saturated heterocycles. The molecule has 0 fully saturated rings. The Balaban J connectivity index is 1.85. The van der Waals surface area contributed by atoms with Crippen molar-refractivity contribution in [3.8, 4) is 0 Å². The number of rotatable bonds is 4. The summed E-state index contributed by atoms with van der Waals surface area (Å²) in [7, 11) is 0. The van der Waals surface area contributed by atoms with Crippen molar-refractivity contribution in [3.05, 3.63) is 82.3 Å². The third kappa shape index (κ3) is 3.17. The van der Waals surface area contributed by atoms with Crippen molar-refractivity contribution in [3.63, 3.8) is 0 Å². The normalized spacial score (nSPS) is 12.5. The van der Waals surface area contributed by atoms with Gasteiger partial charge in [0.05, 0.1) is 0 Å². The Hall–Kier alpha value is -1.64. The molecule has 0 saturated carbocycles. The molecule has 1 nitrogen and oxygen atoms in total. The molecule has 2 heteroatoms. The summed E-state index contributed by atoms with van der Waals surface area (Å²) < 4.78 is 1.15. The van der Waals surface area contributed by atoms with Gasteiger partial charge in [0.1, 0.15) is 0 Å². The van der Waals surface area contributed by atoms with E-state index in [1.807, 2.05) is 0 Å². The van der Waals surface area contributed by atoms with Gasteiger partial charge in [0.15, 0.2) is 0 Å². The summed E-state index contributed by atoms with van der Waals surface area (Å²) in [6.07, 6.45) is 0. The molecule has 1 atom stereocenters. The molecule has 0 spiro atoms. The van der Waals surface area contributed by atoms with Gasteiger partial charge in [-0.2, -0.15) is 0 Å². The lowest BCUT2D eigenvalue weighted by atomic mass is 9.99. The Kier molecular flexibility index (Phi) is 4.37. The van der Waals surface area contributed by atoms with Gasteiger partial charge in [-0.05, 0) is 34.9 Å². The van der Waals surface area contributed by atoms with E-state index in [9.17, 15) is 0 Å². The number of halogens is 1. The summed E-state index contributed by atoms with van der Waals surface area (Å²) >= 11 is 3.64.